The number of methoxy groups -OCH3 is 2. The minimum absolute atomic E-state index is 0.0857. The number of allylic oxidation sites excluding steroid dienone is 1. The third-order valence-electron chi connectivity index (χ3n) is 2.94. The molecule has 0 fully saturated rings. The number of nitro benzene ring substituents is 1. The maximum atomic E-state index is 11.3. The molecule has 0 aliphatic carbocycles. The Hall–Kier alpha value is -3.27. The van der Waals surface area contributed by atoms with Gasteiger partial charge in [0, 0.05) is 0 Å². The van der Waals surface area contributed by atoms with Gasteiger partial charge in [-0.1, -0.05) is 0 Å². The topological polar surface area (TPSA) is 98.5 Å². The van der Waals surface area contributed by atoms with Crippen molar-refractivity contribution < 1.29 is 18.8 Å². The molecule has 0 radical (unpaired) electrons. The van der Waals surface area contributed by atoms with E-state index in [1.165, 1.54) is 38.7 Å². The van der Waals surface area contributed by atoms with Crippen molar-refractivity contribution in [3.63, 3.8) is 0 Å². The molecule has 1 aromatic heterocycles. The lowest BCUT2D eigenvalue weighted by molar-refractivity contribution is -0.385. The highest BCUT2D eigenvalue weighted by Gasteiger charge is 2.22. The summed E-state index contributed by atoms with van der Waals surface area (Å²) in [5, 5.41) is 20.6. The van der Waals surface area contributed by atoms with Crippen LogP contribution < -0.4 is 9.47 Å². The maximum absolute atomic E-state index is 11.3. The molecule has 0 aliphatic heterocycles. The number of hydrogen-bond donors (Lipinski definition) is 0. The van der Waals surface area contributed by atoms with Gasteiger partial charge in [-0.2, -0.15) is 5.26 Å². The van der Waals surface area contributed by atoms with E-state index < -0.39 is 4.92 Å². The molecule has 0 saturated heterocycles. The molecule has 1 aromatic carbocycles. The molecule has 0 unspecified atom stereocenters. The Labute approximate surface area is 126 Å². The van der Waals surface area contributed by atoms with Crippen molar-refractivity contribution in [2.24, 2.45) is 0 Å². The summed E-state index contributed by atoms with van der Waals surface area (Å²) in [6.07, 6.45) is 2.87. The van der Waals surface area contributed by atoms with E-state index in [-0.39, 0.29) is 22.6 Å². The van der Waals surface area contributed by atoms with Crippen LogP contribution in [0.2, 0.25) is 0 Å². The zero-order valence-corrected chi connectivity index (χ0v) is 11.9. The van der Waals surface area contributed by atoms with E-state index in [2.05, 4.69) is 0 Å². The maximum Gasteiger partial charge on any atom is 0.281 e. The van der Waals surface area contributed by atoms with E-state index in [4.69, 9.17) is 13.9 Å². The first-order valence-electron chi connectivity index (χ1n) is 6.16. The number of furan rings is 1. The summed E-state index contributed by atoms with van der Waals surface area (Å²) < 4.78 is 15.3. The van der Waals surface area contributed by atoms with Crippen molar-refractivity contribution in [2.75, 3.05) is 14.2 Å². The summed E-state index contributed by atoms with van der Waals surface area (Å²) in [4.78, 5) is 10.7. The Bertz CT molecular complexity index is 757. The summed E-state index contributed by atoms with van der Waals surface area (Å²) in [5.74, 6) is 0.928. The van der Waals surface area contributed by atoms with Crippen LogP contribution in [0, 0.1) is 21.4 Å². The van der Waals surface area contributed by atoms with E-state index in [1.807, 2.05) is 6.07 Å². The van der Waals surface area contributed by atoms with Gasteiger partial charge >= 0.3 is 0 Å². The fourth-order valence-electron chi connectivity index (χ4n) is 1.92. The highest BCUT2D eigenvalue weighted by atomic mass is 16.6. The molecule has 0 aliphatic rings. The van der Waals surface area contributed by atoms with Crippen LogP contribution >= 0.6 is 0 Å². The van der Waals surface area contributed by atoms with Gasteiger partial charge in [0.25, 0.3) is 5.69 Å². The molecule has 2 aromatic rings. The predicted octanol–water partition coefficient (Wildman–Crippen LogP) is 3.27. The number of hydrogen-bond acceptors (Lipinski definition) is 6. The first-order chi connectivity index (χ1) is 10.6. The number of rotatable bonds is 5. The Balaban J connectivity index is 2.66. The van der Waals surface area contributed by atoms with Crippen molar-refractivity contribution in [3.05, 3.63) is 52.0 Å². The van der Waals surface area contributed by atoms with E-state index in [9.17, 15) is 15.4 Å². The zero-order chi connectivity index (χ0) is 16.1. The summed E-state index contributed by atoms with van der Waals surface area (Å²) in [6, 6.07) is 7.86. The molecular formula is C15H12N2O5. The van der Waals surface area contributed by atoms with Gasteiger partial charge in [-0.3, -0.25) is 10.1 Å². The molecule has 0 N–H and O–H groups in total. The molecule has 0 saturated carbocycles. The second-order valence-electron chi connectivity index (χ2n) is 4.17. The van der Waals surface area contributed by atoms with E-state index in [0.29, 0.717) is 11.5 Å². The van der Waals surface area contributed by atoms with Gasteiger partial charge in [0.15, 0.2) is 11.5 Å². The van der Waals surface area contributed by atoms with Gasteiger partial charge < -0.3 is 13.9 Å². The van der Waals surface area contributed by atoms with Crippen LogP contribution in [-0.4, -0.2) is 19.1 Å². The summed E-state index contributed by atoms with van der Waals surface area (Å²) in [6.45, 7) is 0. The van der Waals surface area contributed by atoms with Gasteiger partial charge in [0.1, 0.15) is 11.8 Å². The average molecular weight is 300 g/mol. The fourth-order valence-corrected chi connectivity index (χ4v) is 1.92. The van der Waals surface area contributed by atoms with Crippen LogP contribution in [0.5, 0.6) is 11.5 Å². The molecule has 22 heavy (non-hydrogen) atoms. The van der Waals surface area contributed by atoms with E-state index in [0.717, 1.165) is 0 Å². The number of nitro groups is 1. The number of nitriles is 1. The van der Waals surface area contributed by atoms with Gasteiger partial charge in [-0.25, -0.2) is 0 Å². The number of benzene rings is 1. The third kappa shape index (κ3) is 2.91. The molecule has 112 valence electrons. The first kappa shape index (κ1) is 15.1. The van der Waals surface area contributed by atoms with Crippen LogP contribution in [0.25, 0.3) is 11.6 Å². The number of nitrogens with zero attached hydrogens (tertiary/aromatic N) is 2. The Morgan fingerprint density at radius 2 is 2.05 bits per heavy atom. The Morgan fingerprint density at radius 1 is 1.36 bits per heavy atom. The highest BCUT2D eigenvalue weighted by molar-refractivity contribution is 5.92. The molecule has 7 nitrogen and oxygen atoms in total. The van der Waals surface area contributed by atoms with Crippen LogP contribution in [0.3, 0.4) is 0 Å². The van der Waals surface area contributed by atoms with Crippen LogP contribution in [0.4, 0.5) is 5.69 Å². The zero-order valence-electron chi connectivity index (χ0n) is 11.9. The van der Waals surface area contributed by atoms with E-state index in [1.54, 1.807) is 12.1 Å². The Morgan fingerprint density at radius 3 is 2.55 bits per heavy atom. The largest absolute Gasteiger partial charge is 0.493 e. The summed E-state index contributed by atoms with van der Waals surface area (Å²) in [5.41, 5.74) is -0.0406. The normalized spacial score (nSPS) is 10.9. The van der Waals surface area contributed by atoms with Crippen LogP contribution in [-0.2, 0) is 0 Å². The van der Waals surface area contributed by atoms with Crippen LogP contribution in [0.15, 0.2) is 34.9 Å². The molecule has 0 bridgehead atoms. The number of ether oxygens (including phenoxy) is 2. The van der Waals surface area contributed by atoms with Crippen molar-refractivity contribution >= 4 is 17.3 Å². The molecule has 0 spiro atoms. The fraction of sp³-hybridized carbons (Fsp3) is 0.133. The lowest BCUT2D eigenvalue weighted by Crippen LogP contribution is -1.98. The van der Waals surface area contributed by atoms with E-state index >= 15 is 0 Å². The lowest BCUT2D eigenvalue weighted by atomic mass is 10.0. The Kier molecular flexibility index (Phi) is 4.44. The van der Waals surface area contributed by atoms with Crippen molar-refractivity contribution in [1.29, 1.82) is 5.26 Å². The summed E-state index contributed by atoms with van der Waals surface area (Å²) >= 11 is 0. The van der Waals surface area contributed by atoms with Gasteiger partial charge in [-0.15, -0.1) is 0 Å². The molecule has 1 heterocycles. The standard InChI is InChI=1S/C15H12N2O5/c1-20-14-7-12(13(17(18)19)8-15(14)21-2)10(9-16)6-11-4-3-5-22-11/h3-8H,1-2H3. The lowest BCUT2D eigenvalue weighted by Gasteiger charge is -2.10. The molecule has 0 atom stereocenters. The predicted molar refractivity (Wildman–Crippen MR) is 78.4 cm³/mol. The van der Waals surface area contributed by atoms with Crippen molar-refractivity contribution in [2.45, 2.75) is 0 Å². The second kappa shape index (κ2) is 6.45. The third-order valence-corrected chi connectivity index (χ3v) is 2.94. The van der Waals surface area contributed by atoms with Crippen LogP contribution in [0.1, 0.15) is 11.3 Å². The van der Waals surface area contributed by atoms with Gasteiger partial charge in [0.2, 0.25) is 0 Å². The second-order valence-corrected chi connectivity index (χ2v) is 4.17. The van der Waals surface area contributed by atoms with Gasteiger partial charge in [-0.05, 0) is 24.3 Å². The minimum atomic E-state index is -0.579. The van der Waals surface area contributed by atoms with Crippen molar-refractivity contribution in [1.82, 2.24) is 0 Å². The summed E-state index contributed by atoms with van der Waals surface area (Å²) in [7, 11) is 2.79. The molecular weight excluding hydrogens is 288 g/mol. The molecule has 7 heteroatoms. The minimum Gasteiger partial charge on any atom is -0.493 e. The smallest absolute Gasteiger partial charge is 0.281 e. The monoisotopic (exact) mass is 300 g/mol. The SMILES string of the molecule is COc1cc(C(C#N)=Cc2ccco2)c([N+](=O)[O-])cc1OC. The highest BCUT2D eigenvalue weighted by Crippen LogP contribution is 2.38. The van der Waals surface area contributed by atoms with Gasteiger partial charge in [0.05, 0.1) is 42.6 Å². The first-order valence-corrected chi connectivity index (χ1v) is 6.16. The quantitative estimate of drug-likeness (QED) is 0.477. The average Bonchev–Trinajstić information content (AvgIpc) is 3.04. The molecule has 0 amide bonds. The van der Waals surface area contributed by atoms with Crippen molar-refractivity contribution in [3.8, 4) is 17.6 Å². The molecule has 2 rings (SSSR count).